The summed E-state index contributed by atoms with van der Waals surface area (Å²) >= 11 is 3.48. The van der Waals surface area contributed by atoms with E-state index in [9.17, 15) is 0 Å². The topological polar surface area (TPSA) is 31.6 Å². The third kappa shape index (κ3) is 1.93. The number of furan rings is 1. The first-order valence-electron chi connectivity index (χ1n) is 4.71. The van der Waals surface area contributed by atoms with Gasteiger partial charge in [-0.2, -0.15) is 0 Å². The maximum atomic E-state index is 5.35. The molecule has 0 radical (unpaired) electrons. The Balaban J connectivity index is 2.55. The van der Waals surface area contributed by atoms with E-state index < -0.39 is 0 Å². The van der Waals surface area contributed by atoms with Crippen molar-refractivity contribution in [1.29, 1.82) is 0 Å². The van der Waals surface area contributed by atoms with E-state index in [0.717, 1.165) is 15.8 Å². The molecule has 1 aromatic carbocycles. The lowest BCUT2D eigenvalue weighted by Gasteiger charge is -2.10. The summed E-state index contributed by atoms with van der Waals surface area (Å²) in [5, 5.41) is 0. The Hall–Kier alpha value is -1.42. The highest BCUT2D eigenvalue weighted by Gasteiger charge is 2.12. The zero-order chi connectivity index (χ0) is 11.5. The fourth-order valence-corrected chi connectivity index (χ4v) is 1.99. The van der Waals surface area contributed by atoms with Crippen LogP contribution in [0.1, 0.15) is 0 Å². The minimum Gasteiger partial charge on any atom is -0.493 e. The van der Waals surface area contributed by atoms with Crippen molar-refractivity contribution in [1.82, 2.24) is 0 Å². The van der Waals surface area contributed by atoms with E-state index in [-0.39, 0.29) is 0 Å². The van der Waals surface area contributed by atoms with Crippen LogP contribution in [0.4, 0.5) is 0 Å². The van der Waals surface area contributed by atoms with E-state index in [2.05, 4.69) is 15.9 Å². The van der Waals surface area contributed by atoms with Gasteiger partial charge in [0.1, 0.15) is 5.76 Å². The second-order valence-electron chi connectivity index (χ2n) is 3.16. The predicted molar refractivity (Wildman–Crippen MR) is 64.9 cm³/mol. The molecule has 0 aliphatic carbocycles. The molecule has 3 nitrogen and oxygen atoms in total. The van der Waals surface area contributed by atoms with Crippen molar-refractivity contribution in [2.75, 3.05) is 14.2 Å². The SMILES string of the molecule is COc1cc(Br)c(-c2ccco2)cc1OC. The standard InChI is InChI=1S/C12H11BrO3/c1-14-11-6-8(10-4-3-5-16-10)9(13)7-12(11)15-2/h3-7H,1-2H3. The molecule has 4 heteroatoms. The number of hydrogen-bond donors (Lipinski definition) is 0. The van der Waals surface area contributed by atoms with Crippen LogP contribution < -0.4 is 9.47 Å². The van der Waals surface area contributed by atoms with Crippen molar-refractivity contribution in [2.24, 2.45) is 0 Å². The van der Waals surface area contributed by atoms with Crippen LogP contribution in [0.3, 0.4) is 0 Å². The van der Waals surface area contributed by atoms with Gasteiger partial charge in [0.25, 0.3) is 0 Å². The van der Waals surface area contributed by atoms with Gasteiger partial charge >= 0.3 is 0 Å². The van der Waals surface area contributed by atoms with Gasteiger partial charge in [0.2, 0.25) is 0 Å². The lowest BCUT2D eigenvalue weighted by atomic mass is 10.1. The molecule has 0 amide bonds. The summed E-state index contributed by atoms with van der Waals surface area (Å²) in [4.78, 5) is 0. The summed E-state index contributed by atoms with van der Waals surface area (Å²) in [5.41, 5.74) is 0.933. The van der Waals surface area contributed by atoms with E-state index in [1.807, 2.05) is 24.3 Å². The first-order chi connectivity index (χ1) is 7.76. The van der Waals surface area contributed by atoms with Gasteiger partial charge in [-0.15, -0.1) is 0 Å². The molecule has 0 bridgehead atoms. The summed E-state index contributed by atoms with van der Waals surface area (Å²) in [6.45, 7) is 0. The smallest absolute Gasteiger partial charge is 0.161 e. The molecule has 0 aliphatic heterocycles. The minimum atomic E-state index is 0.678. The van der Waals surface area contributed by atoms with Gasteiger partial charge in [-0.05, 0) is 40.2 Å². The monoisotopic (exact) mass is 282 g/mol. The average molecular weight is 283 g/mol. The van der Waals surface area contributed by atoms with Gasteiger partial charge in [-0.25, -0.2) is 0 Å². The van der Waals surface area contributed by atoms with E-state index in [1.54, 1.807) is 20.5 Å². The molecule has 1 aromatic heterocycles. The normalized spacial score (nSPS) is 10.2. The van der Waals surface area contributed by atoms with Crippen LogP contribution in [0, 0.1) is 0 Å². The molecular weight excluding hydrogens is 272 g/mol. The molecule has 2 aromatic rings. The van der Waals surface area contributed by atoms with Gasteiger partial charge < -0.3 is 13.9 Å². The number of halogens is 1. The second-order valence-corrected chi connectivity index (χ2v) is 4.02. The molecule has 0 atom stereocenters. The lowest BCUT2D eigenvalue weighted by Crippen LogP contribution is -1.91. The van der Waals surface area contributed by atoms with E-state index in [0.29, 0.717) is 11.5 Å². The Morgan fingerprint density at radius 3 is 2.38 bits per heavy atom. The molecule has 2 rings (SSSR count). The van der Waals surface area contributed by atoms with Gasteiger partial charge in [0, 0.05) is 10.0 Å². The predicted octanol–water partition coefficient (Wildman–Crippen LogP) is 3.73. The van der Waals surface area contributed by atoms with Crippen molar-refractivity contribution in [2.45, 2.75) is 0 Å². The van der Waals surface area contributed by atoms with Crippen molar-refractivity contribution < 1.29 is 13.9 Å². The molecule has 0 unspecified atom stereocenters. The Morgan fingerprint density at radius 1 is 1.12 bits per heavy atom. The Labute approximate surface area is 102 Å². The van der Waals surface area contributed by atoms with Crippen molar-refractivity contribution in [3.05, 3.63) is 35.0 Å². The number of benzene rings is 1. The molecule has 0 saturated carbocycles. The maximum absolute atomic E-state index is 5.35. The van der Waals surface area contributed by atoms with Crippen molar-refractivity contribution in [3.63, 3.8) is 0 Å². The highest BCUT2D eigenvalue weighted by Crippen LogP contribution is 2.38. The van der Waals surface area contributed by atoms with Gasteiger partial charge in [0.15, 0.2) is 11.5 Å². The van der Waals surface area contributed by atoms with Gasteiger partial charge in [0.05, 0.1) is 20.5 Å². The van der Waals surface area contributed by atoms with Crippen LogP contribution in [0.25, 0.3) is 11.3 Å². The molecule has 84 valence electrons. The second kappa shape index (κ2) is 4.61. The molecule has 0 N–H and O–H groups in total. The molecule has 0 spiro atoms. The van der Waals surface area contributed by atoms with Crippen LogP contribution >= 0.6 is 15.9 Å². The molecule has 0 fully saturated rings. The third-order valence-electron chi connectivity index (χ3n) is 2.26. The van der Waals surface area contributed by atoms with E-state index in [4.69, 9.17) is 13.9 Å². The fourth-order valence-electron chi connectivity index (χ4n) is 1.47. The fraction of sp³-hybridized carbons (Fsp3) is 0.167. The lowest BCUT2D eigenvalue weighted by molar-refractivity contribution is 0.355. The molecule has 1 heterocycles. The average Bonchev–Trinajstić information content (AvgIpc) is 2.82. The summed E-state index contributed by atoms with van der Waals surface area (Å²) in [6.07, 6.45) is 1.64. The summed E-state index contributed by atoms with van der Waals surface area (Å²) in [7, 11) is 3.22. The van der Waals surface area contributed by atoms with E-state index in [1.165, 1.54) is 0 Å². The van der Waals surface area contributed by atoms with Gasteiger partial charge in [-0.1, -0.05) is 0 Å². The Kier molecular flexibility index (Phi) is 3.19. The maximum Gasteiger partial charge on any atom is 0.161 e. The third-order valence-corrected chi connectivity index (χ3v) is 2.92. The van der Waals surface area contributed by atoms with Crippen molar-refractivity contribution in [3.8, 4) is 22.8 Å². The van der Waals surface area contributed by atoms with Crippen LogP contribution in [0.5, 0.6) is 11.5 Å². The van der Waals surface area contributed by atoms with E-state index >= 15 is 0 Å². The number of rotatable bonds is 3. The molecule has 0 saturated heterocycles. The minimum absolute atomic E-state index is 0.678. The Bertz CT molecular complexity index is 477. The zero-order valence-electron chi connectivity index (χ0n) is 8.99. The van der Waals surface area contributed by atoms with Crippen LogP contribution in [-0.2, 0) is 0 Å². The Morgan fingerprint density at radius 2 is 1.81 bits per heavy atom. The molecule has 16 heavy (non-hydrogen) atoms. The van der Waals surface area contributed by atoms with Crippen LogP contribution in [0.2, 0.25) is 0 Å². The largest absolute Gasteiger partial charge is 0.493 e. The molecular formula is C12H11BrO3. The summed E-state index contributed by atoms with van der Waals surface area (Å²) in [5.74, 6) is 2.15. The zero-order valence-corrected chi connectivity index (χ0v) is 10.6. The van der Waals surface area contributed by atoms with Gasteiger partial charge in [-0.3, -0.25) is 0 Å². The highest BCUT2D eigenvalue weighted by molar-refractivity contribution is 9.10. The first-order valence-corrected chi connectivity index (χ1v) is 5.51. The number of hydrogen-bond acceptors (Lipinski definition) is 3. The van der Waals surface area contributed by atoms with Crippen LogP contribution in [-0.4, -0.2) is 14.2 Å². The summed E-state index contributed by atoms with van der Waals surface area (Å²) in [6, 6.07) is 7.48. The van der Waals surface area contributed by atoms with Crippen molar-refractivity contribution >= 4 is 15.9 Å². The number of ether oxygens (including phenoxy) is 2. The number of methoxy groups -OCH3 is 2. The highest BCUT2D eigenvalue weighted by atomic mass is 79.9. The van der Waals surface area contributed by atoms with Crippen LogP contribution in [0.15, 0.2) is 39.4 Å². The first kappa shape index (κ1) is 11.1. The molecule has 0 aliphatic rings. The quantitative estimate of drug-likeness (QED) is 0.860. The summed E-state index contributed by atoms with van der Waals surface area (Å²) < 4.78 is 16.7.